The van der Waals surface area contributed by atoms with Crippen molar-refractivity contribution in [2.45, 2.75) is 65.8 Å². The van der Waals surface area contributed by atoms with Gasteiger partial charge < -0.3 is 14.8 Å². The third-order valence-corrected chi connectivity index (χ3v) is 5.82. The molecule has 1 aromatic rings. The quantitative estimate of drug-likeness (QED) is 0.496. The van der Waals surface area contributed by atoms with Gasteiger partial charge in [0.2, 0.25) is 0 Å². The molecule has 2 rings (SSSR count). The van der Waals surface area contributed by atoms with Crippen molar-refractivity contribution >= 4 is 17.2 Å². The van der Waals surface area contributed by atoms with Gasteiger partial charge in [0.25, 0.3) is 11.1 Å². The van der Waals surface area contributed by atoms with Crippen LogP contribution in [0.2, 0.25) is 0 Å². The van der Waals surface area contributed by atoms with E-state index in [-0.39, 0.29) is 11.4 Å². The van der Waals surface area contributed by atoms with E-state index in [1.807, 2.05) is 0 Å². The molecule has 1 aromatic heterocycles. The first-order chi connectivity index (χ1) is 12.8. The summed E-state index contributed by atoms with van der Waals surface area (Å²) < 4.78 is 11.2. The number of thiazole rings is 1. The summed E-state index contributed by atoms with van der Waals surface area (Å²) in [5.74, 6) is 1.44. The molecule has 0 atom stereocenters. The minimum atomic E-state index is -0.0874. The van der Waals surface area contributed by atoms with Crippen molar-refractivity contribution < 1.29 is 14.3 Å². The third kappa shape index (κ3) is 6.81. The van der Waals surface area contributed by atoms with Crippen LogP contribution in [0.3, 0.4) is 0 Å². The highest BCUT2D eigenvalue weighted by atomic mass is 32.1. The van der Waals surface area contributed by atoms with Crippen LogP contribution in [0.25, 0.3) is 0 Å². The molecular weight excluding hydrogens is 362 g/mol. The van der Waals surface area contributed by atoms with Crippen LogP contribution < -0.4 is 10.1 Å². The number of amides is 1. The Kier molecular flexibility index (Phi) is 8.10. The summed E-state index contributed by atoms with van der Waals surface area (Å²) in [4.78, 5) is 19.2. The smallest absolute Gasteiger partial charge is 0.278 e. The molecule has 0 unspecified atom stereocenters. The molecule has 0 bridgehead atoms. The fourth-order valence-electron chi connectivity index (χ4n) is 2.85. The third-order valence-electron chi connectivity index (χ3n) is 4.93. The summed E-state index contributed by atoms with van der Waals surface area (Å²) in [6.07, 6.45) is 7.71. The molecule has 0 radical (unpaired) electrons. The zero-order valence-corrected chi connectivity index (χ0v) is 18.0. The van der Waals surface area contributed by atoms with Crippen LogP contribution in [0, 0.1) is 5.92 Å². The van der Waals surface area contributed by atoms with Gasteiger partial charge in [-0.2, -0.15) is 0 Å². The van der Waals surface area contributed by atoms with Crippen LogP contribution in [0.15, 0.2) is 18.2 Å². The Hall–Kier alpha value is -1.60. The van der Waals surface area contributed by atoms with Crippen LogP contribution >= 0.6 is 11.3 Å². The molecule has 27 heavy (non-hydrogen) atoms. The van der Waals surface area contributed by atoms with E-state index in [1.54, 1.807) is 12.5 Å². The van der Waals surface area contributed by atoms with Crippen molar-refractivity contribution in [3.8, 4) is 5.19 Å². The molecule has 1 amide bonds. The maximum absolute atomic E-state index is 12.2. The molecule has 0 aromatic carbocycles. The normalized spacial score (nSPS) is 16.7. The molecule has 1 N–H and O–H groups in total. The number of hydrogen-bond acceptors (Lipinski definition) is 6. The molecule has 0 spiro atoms. The second-order valence-electron chi connectivity index (χ2n) is 7.92. The molecule has 1 aliphatic rings. The van der Waals surface area contributed by atoms with E-state index in [0.29, 0.717) is 29.9 Å². The summed E-state index contributed by atoms with van der Waals surface area (Å²) in [5, 5.41) is 3.41. The van der Waals surface area contributed by atoms with Gasteiger partial charge in [-0.1, -0.05) is 38.0 Å². The second-order valence-corrected chi connectivity index (χ2v) is 8.91. The van der Waals surface area contributed by atoms with Crippen LogP contribution in [0.4, 0.5) is 0 Å². The van der Waals surface area contributed by atoms with Gasteiger partial charge in [-0.05, 0) is 39.5 Å². The molecular formula is C20H33N3O3S. The number of rotatable bonds is 9. The molecule has 1 aliphatic heterocycles. The number of aromatic nitrogens is 1. The number of ether oxygens (including phenoxy) is 2. The Morgan fingerprint density at radius 1 is 1.44 bits per heavy atom. The minimum absolute atomic E-state index is 0.0519. The average Bonchev–Trinajstić information content (AvgIpc) is 3.29. The summed E-state index contributed by atoms with van der Waals surface area (Å²) >= 11 is 1.24. The van der Waals surface area contributed by atoms with Crippen molar-refractivity contribution in [2.24, 2.45) is 5.92 Å². The topological polar surface area (TPSA) is 63.7 Å². The van der Waals surface area contributed by atoms with E-state index in [4.69, 9.17) is 9.47 Å². The Labute approximate surface area is 166 Å². The van der Waals surface area contributed by atoms with E-state index in [1.165, 1.54) is 24.2 Å². The lowest BCUT2D eigenvalue weighted by Crippen LogP contribution is -2.39. The zero-order valence-electron chi connectivity index (χ0n) is 17.2. The highest BCUT2D eigenvalue weighted by Gasteiger charge is 2.28. The van der Waals surface area contributed by atoms with Gasteiger partial charge in [0.15, 0.2) is 0 Å². The highest BCUT2D eigenvalue weighted by Crippen LogP contribution is 2.24. The molecule has 1 saturated heterocycles. The van der Waals surface area contributed by atoms with Crippen LogP contribution in [0.5, 0.6) is 5.19 Å². The van der Waals surface area contributed by atoms with Gasteiger partial charge >= 0.3 is 0 Å². The average molecular weight is 396 g/mol. The number of hydrogen-bond donors (Lipinski definition) is 1. The van der Waals surface area contributed by atoms with Gasteiger partial charge in [-0.3, -0.25) is 9.69 Å². The first-order valence-corrected chi connectivity index (χ1v) is 10.6. The second kappa shape index (κ2) is 10.1. The maximum atomic E-state index is 12.2. The van der Waals surface area contributed by atoms with Gasteiger partial charge in [0.1, 0.15) is 23.6 Å². The number of carbonyl (C=O) groups is 1. The summed E-state index contributed by atoms with van der Waals surface area (Å²) in [6, 6.07) is 0. The van der Waals surface area contributed by atoms with Crippen LogP contribution in [-0.4, -0.2) is 41.2 Å². The Bertz CT molecular complexity index is 633. The predicted octanol–water partition coefficient (Wildman–Crippen LogP) is 4.40. The van der Waals surface area contributed by atoms with E-state index in [9.17, 15) is 4.79 Å². The number of nitrogens with one attached hydrogen (secondary N) is 1. The van der Waals surface area contributed by atoms with E-state index in [2.05, 4.69) is 49.8 Å². The van der Waals surface area contributed by atoms with Crippen molar-refractivity contribution in [2.75, 3.05) is 19.8 Å². The summed E-state index contributed by atoms with van der Waals surface area (Å²) in [7, 11) is 0. The molecule has 2 heterocycles. The predicted molar refractivity (Wildman–Crippen MR) is 109 cm³/mol. The highest BCUT2D eigenvalue weighted by molar-refractivity contribution is 7.15. The maximum Gasteiger partial charge on any atom is 0.278 e. The van der Waals surface area contributed by atoms with Gasteiger partial charge in [-0.15, -0.1) is 0 Å². The first-order valence-electron chi connectivity index (χ1n) is 9.81. The lowest BCUT2D eigenvalue weighted by molar-refractivity contribution is 0.0942. The largest absolute Gasteiger partial charge is 0.478 e. The molecule has 152 valence electrons. The zero-order chi connectivity index (χ0) is 19.9. The molecule has 0 saturated carbocycles. The van der Waals surface area contributed by atoms with E-state index in [0.717, 1.165) is 24.5 Å². The molecule has 0 aliphatic carbocycles. The van der Waals surface area contributed by atoms with Crippen molar-refractivity contribution in [1.29, 1.82) is 0 Å². The van der Waals surface area contributed by atoms with E-state index >= 15 is 0 Å². The summed E-state index contributed by atoms with van der Waals surface area (Å²) in [5.41, 5.74) is 0.0519. The van der Waals surface area contributed by atoms with Crippen molar-refractivity contribution in [3.05, 3.63) is 23.1 Å². The monoisotopic (exact) mass is 395 g/mol. The van der Waals surface area contributed by atoms with Gasteiger partial charge in [-0.25, -0.2) is 4.98 Å². The fraction of sp³-hybridized carbons (Fsp3) is 0.700. The SMILES string of the molecule is CCC(CC)CCCNC(=O)c1cnc(OC=C2CN(C(C)(C)C)CO2)s1. The van der Waals surface area contributed by atoms with Crippen LogP contribution in [0.1, 0.15) is 70.0 Å². The first kappa shape index (κ1) is 21.7. The lowest BCUT2D eigenvalue weighted by Gasteiger charge is -2.28. The van der Waals surface area contributed by atoms with Gasteiger partial charge in [0.05, 0.1) is 12.7 Å². The van der Waals surface area contributed by atoms with E-state index < -0.39 is 0 Å². The standard InChI is InChI=1S/C20H33N3O3S/c1-6-15(7-2)9-8-10-21-18(24)17-11-22-19(27-17)25-13-16-12-23(14-26-16)20(3,4)5/h11,13,15H,6-10,12,14H2,1-5H3,(H,21,24). The molecule has 6 nitrogen and oxygen atoms in total. The Morgan fingerprint density at radius 2 is 2.19 bits per heavy atom. The number of carbonyl (C=O) groups excluding carboxylic acids is 1. The molecule has 7 heteroatoms. The minimum Gasteiger partial charge on any atom is -0.478 e. The Morgan fingerprint density at radius 3 is 2.81 bits per heavy atom. The Balaban J connectivity index is 1.76. The number of nitrogens with zero attached hydrogens (tertiary/aromatic N) is 2. The molecule has 1 fully saturated rings. The lowest BCUT2D eigenvalue weighted by atomic mass is 9.98. The fourth-order valence-corrected chi connectivity index (χ4v) is 3.51. The van der Waals surface area contributed by atoms with Crippen molar-refractivity contribution in [1.82, 2.24) is 15.2 Å². The van der Waals surface area contributed by atoms with Crippen LogP contribution in [-0.2, 0) is 4.74 Å². The van der Waals surface area contributed by atoms with Gasteiger partial charge in [0, 0.05) is 12.1 Å². The summed E-state index contributed by atoms with van der Waals surface area (Å²) in [6.45, 7) is 12.9. The van der Waals surface area contributed by atoms with Crippen molar-refractivity contribution in [3.63, 3.8) is 0 Å².